The predicted molar refractivity (Wildman–Crippen MR) is 88.5 cm³/mol. The number of hydrogen-bond acceptors (Lipinski definition) is 3. The molecule has 0 atom stereocenters. The van der Waals surface area contributed by atoms with E-state index in [1.807, 2.05) is 60.7 Å². The summed E-state index contributed by atoms with van der Waals surface area (Å²) in [5, 5.41) is 0. The molecule has 0 aliphatic rings. The van der Waals surface area contributed by atoms with Crippen LogP contribution in [0, 0.1) is 0 Å². The highest BCUT2D eigenvalue weighted by atomic mass is 19.1. The molecule has 0 saturated heterocycles. The molecule has 0 unspecified atom stereocenters. The number of nitrogen functional groups attached to an aromatic ring is 1. The highest BCUT2D eigenvalue weighted by Crippen LogP contribution is 2.15. The van der Waals surface area contributed by atoms with Crippen LogP contribution in [0.1, 0.15) is 11.1 Å². The Morgan fingerprint density at radius 2 is 1.41 bits per heavy atom. The predicted octanol–water partition coefficient (Wildman–Crippen LogP) is 3.80. The third kappa shape index (κ3) is 5.58. The van der Waals surface area contributed by atoms with Gasteiger partial charge in [-0.3, -0.25) is 0 Å². The van der Waals surface area contributed by atoms with Gasteiger partial charge in [-0.2, -0.15) is 0 Å². The van der Waals surface area contributed by atoms with Crippen molar-refractivity contribution in [2.45, 2.75) is 0 Å². The first-order chi connectivity index (χ1) is 10.8. The van der Waals surface area contributed by atoms with Gasteiger partial charge in [0.25, 0.3) is 0 Å². The molecule has 0 heterocycles. The SMILES string of the molecule is Nc1ccc(/C=C/c2ccc(OCCOCCF)cc2)cc1. The van der Waals surface area contributed by atoms with Gasteiger partial charge in [0.15, 0.2) is 0 Å². The van der Waals surface area contributed by atoms with E-state index in [1.54, 1.807) is 0 Å². The van der Waals surface area contributed by atoms with Gasteiger partial charge in [-0.1, -0.05) is 36.4 Å². The molecule has 0 spiro atoms. The van der Waals surface area contributed by atoms with Crippen molar-refractivity contribution in [3.05, 3.63) is 59.7 Å². The van der Waals surface area contributed by atoms with E-state index in [4.69, 9.17) is 15.2 Å². The van der Waals surface area contributed by atoms with E-state index >= 15 is 0 Å². The normalized spacial score (nSPS) is 11.0. The lowest BCUT2D eigenvalue weighted by Crippen LogP contribution is -2.08. The monoisotopic (exact) mass is 301 g/mol. The van der Waals surface area contributed by atoms with Gasteiger partial charge < -0.3 is 15.2 Å². The first-order valence-corrected chi connectivity index (χ1v) is 7.18. The Bertz CT molecular complexity index is 579. The van der Waals surface area contributed by atoms with Gasteiger partial charge in [0, 0.05) is 5.69 Å². The van der Waals surface area contributed by atoms with Crippen LogP contribution in [0.25, 0.3) is 12.2 Å². The maximum absolute atomic E-state index is 11.8. The Morgan fingerprint density at radius 3 is 2.00 bits per heavy atom. The van der Waals surface area contributed by atoms with Gasteiger partial charge in [0.1, 0.15) is 19.0 Å². The van der Waals surface area contributed by atoms with Crippen LogP contribution < -0.4 is 10.5 Å². The summed E-state index contributed by atoms with van der Waals surface area (Å²) < 4.78 is 22.3. The second kappa shape index (κ2) is 8.85. The minimum atomic E-state index is -0.463. The smallest absolute Gasteiger partial charge is 0.119 e. The number of benzene rings is 2. The van der Waals surface area contributed by atoms with Gasteiger partial charge in [-0.25, -0.2) is 4.39 Å². The first kappa shape index (κ1) is 16.0. The lowest BCUT2D eigenvalue weighted by molar-refractivity contribution is 0.0897. The fourth-order valence-corrected chi connectivity index (χ4v) is 1.85. The standard InChI is InChI=1S/C18H20FNO2/c19-11-12-21-13-14-22-18-9-5-16(6-10-18)2-1-15-3-7-17(20)8-4-15/h1-10H,11-14,20H2/b2-1+. The zero-order chi connectivity index (χ0) is 15.6. The molecule has 3 nitrogen and oxygen atoms in total. The first-order valence-electron chi connectivity index (χ1n) is 7.18. The lowest BCUT2D eigenvalue weighted by Gasteiger charge is -2.06. The van der Waals surface area contributed by atoms with E-state index in [1.165, 1.54) is 0 Å². The van der Waals surface area contributed by atoms with E-state index in [-0.39, 0.29) is 6.61 Å². The van der Waals surface area contributed by atoms with Crippen molar-refractivity contribution in [2.75, 3.05) is 32.2 Å². The number of rotatable bonds is 8. The van der Waals surface area contributed by atoms with Gasteiger partial charge in [-0.15, -0.1) is 0 Å². The van der Waals surface area contributed by atoms with Crippen molar-refractivity contribution in [3.8, 4) is 5.75 Å². The van der Waals surface area contributed by atoms with Gasteiger partial charge in [-0.05, 0) is 35.4 Å². The van der Waals surface area contributed by atoms with Crippen molar-refractivity contribution < 1.29 is 13.9 Å². The minimum absolute atomic E-state index is 0.123. The minimum Gasteiger partial charge on any atom is -0.491 e. The summed E-state index contributed by atoms with van der Waals surface area (Å²) in [4.78, 5) is 0. The number of anilines is 1. The van der Waals surface area contributed by atoms with E-state index in [2.05, 4.69) is 0 Å². The number of alkyl halides is 1. The quantitative estimate of drug-likeness (QED) is 0.458. The summed E-state index contributed by atoms with van der Waals surface area (Å²) in [6, 6.07) is 15.5. The van der Waals surface area contributed by atoms with Crippen LogP contribution in [0.2, 0.25) is 0 Å². The molecule has 0 amide bonds. The van der Waals surface area contributed by atoms with Crippen LogP contribution >= 0.6 is 0 Å². The highest BCUT2D eigenvalue weighted by molar-refractivity contribution is 5.70. The van der Waals surface area contributed by atoms with E-state index in [9.17, 15) is 4.39 Å². The van der Waals surface area contributed by atoms with Crippen LogP contribution in [0.5, 0.6) is 5.75 Å². The molecule has 0 radical (unpaired) electrons. The maximum atomic E-state index is 11.8. The number of ether oxygens (including phenoxy) is 2. The highest BCUT2D eigenvalue weighted by Gasteiger charge is 1.95. The molecule has 0 bridgehead atoms. The Balaban J connectivity index is 1.82. The molecular formula is C18H20FNO2. The van der Waals surface area contributed by atoms with Crippen LogP contribution in [-0.4, -0.2) is 26.5 Å². The molecule has 0 fully saturated rings. The topological polar surface area (TPSA) is 44.5 Å². The molecule has 0 aliphatic heterocycles. The van der Waals surface area contributed by atoms with Crippen molar-refractivity contribution in [3.63, 3.8) is 0 Å². The molecule has 0 aromatic heterocycles. The summed E-state index contributed by atoms with van der Waals surface area (Å²) in [6.45, 7) is 0.469. The molecule has 2 N–H and O–H groups in total. The van der Waals surface area contributed by atoms with E-state index in [0.717, 1.165) is 22.6 Å². The number of halogens is 1. The number of nitrogens with two attached hydrogens (primary N) is 1. The third-order valence-electron chi connectivity index (χ3n) is 3.00. The molecule has 2 aromatic rings. The Hall–Kier alpha value is -2.33. The summed E-state index contributed by atoms with van der Waals surface area (Å²) in [5.74, 6) is 0.772. The fourth-order valence-electron chi connectivity index (χ4n) is 1.85. The Kier molecular flexibility index (Phi) is 6.45. The number of hydrogen-bond donors (Lipinski definition) is 1. The van der Waals surface area contributed by atoms with Crippen LogP contribution in [0.3, 0.4) is 0 Å². The van der Waals surface area contributed by atoms with E-state index < -0.39 is 6.67 Å². The van der Waals surface area contributed by atoms with Crippen molar-refractivity contribution in [1.82, 2.24) is 0 Å². The Labute approximate surface area is 130 Å². The second-order valence-corrected chi connectivity index (χ2v) is 4.72. The third-order valence-corrected chi connectivity index (χ3v) is 3.00. The van der Waals surface area contributed by atoms with Gasteiger partial charge in [0.05, 0.1) is 13.2 Å². The summed E-state index contributed by atoms with van der Waals surface area (Å²) in [6.07, 6.45) is 4.06. The zero-order valence-corrected chi connectivity index (χ0v) is 12.4. The van der Waals surface area contributed by atoms with E-state index in [0.29, 0.717) is 13.2 Å². The second-order valence-electron chi connectivity index (χ2n) is 4.72. The average Bonchev–Trinajstić information content (AvgIpc) is 2.55. The lowest BCUT2D eigenvalue weighted by atomic mass is 10.1. The van der Waals surface area contributed by atoms with Crippen molar-refractivity contribution in [2.24, 2.45) is 0 Å². The molecule has 116 valence electrons. The fraction of sp³-hybridized carbons (Fsp3) is 0.222. The summed E-state index contributed by atoms with van der Waals surface area (Å²) >= 11 is 0. The van der Waals surface area contributed by atoms with Crippen LogP contribution in [-0.2, 0) is 4.74 Å². The van der Waals surface area contributed by atoms with Crippen molar-refractivity contribution in [1.29, 1.82) is 0 Å². The van der Waals surface area contributed by atoms with Gasteiger partial charge in [0.2, 0.25) is 0 Å². The molecule has 22 heavy (non-hydrogen) atoms. The van der Waals surface area contributed by atoms with Crippen LogP contribution in [0.4, 0.5) is 10.1 Å². The van der Waals surface area contributed by atoms with Crippen LogP contribution in [0.15, 0.2) is 48.5 Å². The molecular weight excluding hydrogens is 281 g/mol. The van der Waals surface area contributed by atoms with Crippen molar-refractivity contribution >= 4 is 17.8 Å². The zero-order valence-electron chi connectivity index (χ0n) is 12.4. The largest absolute Gasteiger partial charge is 0.491 e. The molecule has 2 rings (SSSR count). The molecule has 4 heteroatoms. The molecule has 2 aromatic carbocycles. The van der Waals surface area contributed by atoms with Gasteiger partial charge >= 0.3 is 0 Å². The average molecular weight is 301 g/mol. The summed E-state index contributed by atoms with van der Waals surface area (Å²) in [5.41, 5.74) is 8.59. The molecule has 0 aliphatic carbocycles. The Morgan fingerprint density at radius 1 is 0.818 bits per heavy atom. The summed E-state index contributed by atoms with van der Waals surface area (Å²) in [7, 11) is 0. The molecule has 0 saturated carbocycles. The maximum Gasteiger partial charge on any atom is 0.119 e.